The van der Waals surface area contributed by atoms with Gasteiger partial charge in [0.2, 0.25) is 0 Å². The van der Waals surface area contributed by atoms with Crippen LogP contribution in [0, 0.1) is 11.8 Å². The minimum Gasteiger partial charge on any atom is -0.380 e. The number of hydrogen-bond donors (Lipinski definition) is 2. The van der Waals surface area contributed by atoms with Crippen molar-refractivity contribution in [1.82, 2.24) is 0 Å². The van der Waals surface area contributed by atoms with E-state index in [4.69, 9.17) is 10.8 Å². The molecule has 0 saturated carbocycles. The Kier molecular flexibility index (Phi) is 4.12. The normalized spacial score (nSPS) is 15.6. The van der Waals surface area contributed by atoms with Crippen molar-refractivity contribution in [2.75, 3.05) is 0 Å². The molecule has 9 heavy (non-hydrogen) atoms. The highest BCUT2D eigenvalue weighted by atomic mass is 16.3. The van der Waals surface area contributed by atoms with Gasteiger partial charge in [0.1, 0.15) is 6.10 Å². The van der Waals surface area contributed by atoms with E-state index in [-0.39, 0.29) is 6.04 Å². The Morgan fingerprint density at radius 1 is 1.67 bits per heavy atom. The largest absolute Gasteiger partial charge is 0.380 e. The average Bonchev–Trinajstić information content (AvgIpc) is 1.63. The number of aliphatic hydroxyl groups excluding tert-OH is 1. The molecule has 0 radical (unpaired) electrons. The molecule has 2 heteroatoms. The lowest BCUT2D eigenvalue weighted by molar-refractivity contribution is 0.214. The third-order valence-corrected chi connectivity index (χ3v) is 0.906. The van der Waals surface area contributed by atoms with E-state index in [0.29, 0.717) is 6.42 Å². The van der Waals surface area contributed by atoms with Crippen molar-refractivity contribution in [3.63, 3.8) is 0 Å². The molecule has 0 rings (SSSR count). The molecule has 3 N–H and O–H groups in total. The molecule has 0 aliphatic rings. The van der Waals surface area contributed by atoms with Crippen LogP contribution >= 0.6 is 0 Å². The van der Waals surface area contributed by atoms with E-state index < -0.39 is 6.10 Å². The average molecular weight is 127 g/mol. The maximum atomic E-state index is 8.97. The van der Waals surface area contributed by atoms with Gasteiger partial charge in [-0.05, 0) is 20.3 Å². The number of rotatable bonds is 2. The molecule has 0 amide bonds. The van der Waals surface area contributed by atoms with Gasteiger partial charge >= 0.3 is 0 Å². The van der Waals surface area contributed by atoms with Gasteiger partial charge in [0.05, 0.1) is 0 Å². The smallest absolute Gasteiger partial charge is 0.116 e. The third-order valence-electron chi connectivity index (χ3n) is 0.906. The molecule has 2 unspecified atom stereocenters. The van der Waals surface area contributed by atoms with Crippen LogP contribution in [0.5, 0.6) is 0 Å². The molecule has 0 aromatic rings. The Bertz CT molecular complexity index is 121. The first kappa shape index (κ1) is 8.48. The topological polar surface area (TPSA) is 46.2 Å². The Balaban J connectivity index is 3.46. The van der Waals surface area contributed by atoms with E-state index in [1.54, 1.807) is 6.92 Å². The van der Waals surface area contributed by atoms with E-state index in [1.165, 1.54) is 0 Å². The van der Waals surface area contributed by atoms with E-state index in [9.17, 15) is 0 Å². The highest BCUT2D eigenvalue weighted by Gasteiger charge is 2.00. The van der Waals surface area contributed by atoms with Crippen LogP contribution in [0.2, 0.25) is 0 Å². The van der Waals surface area contributed by atoms with Crippen molar-refractivity contribution in [3.8, 4) is 11.8 Å². The minimum absolute atomic E-state index is 0.0286. The van der Waals surface area contributed by atoms with Gasteiger partial charge in [-0.15, -0.1) is 5.92 Å². The molecule has 0 fully saturated rings. The molecule has 0 spiro atoms. The summed E-state index contributed by atoms with van der Waals surface area (Å²) in [5.41, 5.74) is 5.40. The van der Waals surface area contributed by atoms with Crippen LogP contribution in [0.3, 0.4) is 0 Å². The van der Waals surface area contributed by atoms with Gasteiger partial charge in [-0.2, -0.15) is 0 Å². The first-order valence-electron chi connectivity index (χ1n) is 3.02. The molecule has 0 saturated heterocycles. The zero-order valence-corrected chi connectivity index (χ0v) is 5.89. The fraction of sp³-hybridized carbons (Fsp3) is 0.714. The summed E-state index contributed by atoms with van der Waals surface area (Å²) >= 11 is 0. The van der Waals surface area contributed by atoms with Gasteiger partial charge in [0, 0.05) is 6.04 Å². The second-order valence-electron chi connectivity index (χ2n) is 2.12. The predicted molar refractivity (Wildman–Crippen MR) is 37.7 cm³/mol. The quantitative estimate of drug-likeness (QED) is 0.517. The van der Waals surface area contributed by atoms with E-state index in [0.717, 1.165) is 0 Å². The minimum atomic E-state index is -0.546. The second kappa shape index (κ2) is 4.37. The Morgan fingerprint density at radius 3 is 2.56 bits per heavy atom. The maximum absolute atomic E-state index is 8.97. The Hall–Kier alpha value is -0.520. The lowest BCUT2D eigenvalue weighted by Gasteiger charge is -2.04. The van der Waals surface area contributed by atoms with E-state index in [1.807, 2.05) is 6.92 Å². The van der Waals surface area contributed by atoms with Gasteiger partial charge in [0.25, 0.3) is 0 Å². The molecule has 0 aliphatic carbocycles. The third kappa shape index (κ3) is 5.35. The molecule has 0 heterocycles. The van der Waals surface area contributed by atoms with E-state index in [2.05, 4.69) is 11.8 Å². The summed E-state index contributed by atoms with van der Waals surface area (Å²) in [7, 11) is 0. The fourth-order valence-corrected chi connectivity index (χ4v) is 0.578. The summed E-state index contributed by atoms with van der Waals surface area (Å²) in [6.45, 7) is 3.55. The van der Waals surface area contributed by atoms with Gasteiger partial charge in [-0.3, -0.25) is 0 Å². The summed E-state index contributed by atoms with van der Waals surface area (Å²) in [5, 5.41) is 8.97. The van der Waals surface area contributed by atoms with E-state index >= 15 is 0 Å². The number of aliphatic hydroxyl groups is 1. The standard InChI is InChI=1S/C7H13NO/c1-3-4-7(9)5-6(2)8/h6-7,9H,5,8H2,1-2H3. The van der Waals surface area contributed by atoms with Crippen LogP contribution in [-0.4, -0.2) is 17.3 Å². The maximum Gasteiger partial charge on any atom is 0.116 e. The van der Waals surface area contributed by atoms with Crippen LogP contribution in [0.15, 0.2) is 0 Å². The van der Waals surface area contributed by atoms with Gasteiger partial charge in [0.15, 0.2) is 0 Å². The Labute approximate surface area is 56.1 Å². The van der Waals surface area contributed by atoms with Crippen molar-refractivity contribution >= 4 is 0 Å². The molecular formula is C7H13NO. The molecule has 0 aromatic carbocycles. The van der Waals surface area contributed by atoms with Crippen molar-refractivity contribution in [1.29, 1.82) is 0 Å². The SMILES string of the molecule is CC#CC(O)CC(C)N. The zero-order chi connectivity index (χ0) is 7.28. The van der Waals surface area contributed by atoms with Crippen molar-refractivity contribution in [2.24, 2.45) is 5.73 Å². The molecule has 0 bridgehead atoms. The second-order valence-corrected chi connectivity index (χ2v) is 2.12. The van der Waals surface area contributed by atoms with Gasteiger partial charge < -0.3 is 10.8 Å². The van der Waals surface area contributed by atoms with Crippen LogP contribution in [0.4, 0.5) is 0 Å². The first-order chi connectivity index (χ1) is 4.16. The monoisotopic (exact) mass is 127 g/mol. The fourth-order valence-electron chi connectivity index (χ4n) is 0.578. The molecule has 52 valence electrons. The summed E-state index contributed by atoms with van der Waals surface area (Å²) < 4.78 is 0. The van der Waals surface area contributed by atoms with Crippen molar-refractivity contribution in [3.05, 3.63) is 0 Å². The summed E-state index contributed by atoms with van der Waals surface area (Å²) in [6.07, 6.45) is 0.0101. The first-order valence-corrected chi connectivity index (χ1v) is 3.02. The zero-order valence-electron chi connectivity index (χ0n) is 5.89. The number of nitrogens with two attached hydrogens (primary N) is 1. The summed E-state index contributed by atoms with van der Waals surface area (Å²) in [5.74, 6) is 5.22. The van der Waals surface area contributed by atoms with Crippen molar-refractivity contribution in [2.45, 2.75) is 32.4 Å². The van der Waals surface area contributed by atoms with Gasteiger partial charge in [-0.1, -0.05) is 5.92 Å². The van der Waals surface area contributed by atoms with Crippen LogP contribution in [0.25, 0.3) is 0 Å². The lowest BCUT2D eigenvalue weighted by atomic mass is 10.1. The van der Waals surface area contributed by atoms with Crippen LogP contribution in [-0.2, 0) is 0 Å². The molecule has 0 aromatic heterocycles. The summed E-state index contributed by atoms with van der Waals surface area (Å²) in [4.78, 5) is 0. The molecule has 2 nitrogen and oxygen atoms in total. The molecule has 2 atom stereocenters. The predicted octanol–water partition coefficient (Wildman–Crippen LogP) is 0.108. The lowest BCUT2D eigenvalue weighted by Crippen LogP contribution is -2.21. The summed E-state index contributed by atoms with van der Waals surface area (Å²) in [6, 6.07) is 0.0286. The molecular weight excluding hydrogens is 114 g/mol. The highest BCUT2D eigenvalue weighted by Crippen LogP contribution is 1.92. The van der Waals surface area contributed by atoms with Crippen LogP contribution in [0.1, 0.15) is 20.3 Å². The Morgan fingerprint density at radius 2 is 2.22 bits per heavy atom. The molecule has 0 aliphatic heterocycles. The van der Waals surface area contributed by atoms with Gasteiger partial charge in [-0.25, -0.2) is 0 Å². The van der Waals surface area contributed by atoms with Crippen LogP contribution < -0.4 is 5.73 Å². The van der Waals surface area contributed by atoms with Crippen molar-refractivity contribution < 1.29 is 5.11 Å². The highest BCUT2D eigenvalue weighted by molar-refractivity contribution is 5.02. The number of hydrogen-bond acceptors (Lipinski definition) is 2.